The van der Waals surface area contributed by atoms with Crippen LogP contribution in [0.5, 0.6) is 0 Å². The molecule has 0 saturated heterocycles. The minimum absolute atomic E-state index is 0.0660. The van der Waals surface area contributed by atoms with E-state index in [2.05, 4.69) is 20.9 Å². The molecular weight excluding hydrogens is 359 g/mol. The van der Waals surface area contributed by atoms with Crippen LogP contribution in [0.4, 0.5) is 4.39 Å². The molecular formula is C14H10BrFN2O2S. The molecule has 1 aromatic carbocycles. The third kappa shape index (κ3) is 2.26. The number of rotatable bonds is 2. The van der Waals surface area contributed by atoms with Gasteiger partial charge in [0.1, 0.15) is 5.82 Å². The molecule has 0 atom stereocenters. The van der Waals surface area contributed by atoms with Crippen LogP contribution >= 0.6 is 15.9 Å². The quantitative estimate of drug-likeness (QED) is 0.695. The summed E-state index contributed by atoms with van der Waals surface area (Å²) in [5, 5.41) is 0.153. The first-order valence-electron chi connectivity index (χ1n) is 6.04. The van der Waals surface area contributed by atoms with Gasteiger partial charge in [-0.3, -0.25) is 0 Å². The maximum atomic E-state index is 14.0. The van der Waals surface area contributed by atoms with Gasteiger partial charge in [0.25, 0.3) is 10.0 Å². The predicted molar refractivity (Wildman–Crippen MR) is 81.2 cm³/mol. The zero-order valence-corrected chi connectivity index (χ0v) is 13.3. The van der Waals surface area contributed by atoms with Crippen LogP contribution in [0.2, 0.25) is 0 Å². The molecule has 3 aromatic rings. The largest absolute Gasteiger partial charge is 0.269 e. The van der Waals surface area contributed by atoms with Gasteiger partial charge in [0, 0.05) is 12.4 Å². The van der Waals surface area contributed by atoms with E-state index in [0.717, 1.165) is 9.54 Å². The Morgan fingerprint density at radius 2 is 1.86 bits per heavy atom. The Labute approximate surface area is 129 Å². The molecule has 2 heterocycles. The average Bonchev–Trinajstić information content (AvgIpc) is 2.89. The van der Waals surface area contributed by atoms with Crippen LogP contribution < -0.4 is 0 Å². The highest BCUT2D eigenvalue weighted by Crippen LogP contribution is 2.26. The van der Waals surface area contributed by atoms with E-state index >= 15 is 0 Å². The van der Waals surface area contributed by atoms with E-state index in [9.17, 15) is 12.8 Å². The first kappa shape index (κ1) is 14.2. The fraction of sp³-hybridized carbons (Fsp3) is 0.0714. The molecule has 0 aliphatic heterocycles. The number of halogens is 2. The molecule has 21 heavy (non-hydrogen) atoms. The lowest BCUT2D eigenvalue weighted by molar-refractivity contribution is 0.588. The monoisotopic (exact) mass is 368 g/mol. The first-order chi connectivity index (χ1) is 9.91. The molecule has 7 heteroatoms. The van der Waals surface area contributed by atoms with Crippen molar-refractivity contribution in [3.05, 3.63) is 58.6 Å². The van der Waals surface area contributed by atoms with Crippen LogP contribution in [-0.2, 0) is 10.0 Å². The van der Waals surface area contributed by atoms with Crippen molar-refractivity contribution in [1.82, 2.24) is 8.96 Å². The van der Waals surface area contributed by atoms with Crippen LogP contribution in [-0.4, -0.2) is 17.4 Å². The van der Waals surface area contributed by atoms with Gasteiger partial charge in [0.15, 0.2) is 5.65 Å². The predicted octanol–water partition coefficient (Wildman–Crippen LogP) is 3.48. The highest BCUT2D eigenvalue weighted by atomic mass is 79.9. The number of pyridine rings is 1. The van der Waals surface area contributed by atoms with E-state index in [1.165, 1.54) is 30.6 Å². The number of hydrogen-bond donors (Lipinski definition) is 0. The van der Waals surface area contributed by atoms with E-state index in [1.807, 2.05) is 6.92 Å². The lowest BCUT2D eigenvalue weighted by Gasteiger charge is -2.07. The van der Waals surface area contributed by atoms with E-state index in [1.54, 1.807) is 12.1 Å². The van der Waals surface area contributed by atoms with Crippen molar-refractivity contribution in [2.75, 3.05) is 0 Å². The van der Waals surface area contributed by atoms with Gasteiger partial charge in [-0.1, -0.05) is 17.7 Å². The van der Waals surface area contributed by atoms with Gasteiger partial charge in [-0.2, -0.15) is 0 Å². The Hall–Kier alpha value is -1.73. The summed E-state index contributed by atoms with van der Waals surface area (Å²) in [4.78, 5) is 4.14. The van der Waals surface area contributed by atoms with Crippen molar-refractivity contribution < 1.29 is 12.8 Å². The topological polar surface area (TPSA) is 52.0 Å². The maximum Gasteiger partial charge on any atom is 0.269 e. The SMILES string of the molecule is Cc1ccc(S(=O)(=O)n2ccc3c(F)c(Br)cnc32)cc1. The summed E-state index contributed by atoms with van der Waals surface area (Å²) < 4.78 is 40.4. The standard InChI is InChI=1S/C14H10BrFN2O2S/c1-9-2-4-10(5-3-9)21(19,20)18-7-6-11-13(16)12(15)8-17-14(11)18/h2-8H,1H3. The third-order valence-corrected chi connectivity index (χ3v) is 5.38. The molecule has 0 unspecified atom stereocenters. The Morgan fingerprint density at radius 3 is 2.52 bits per heavy atom. The van der Waals surface area contributed by atoms with Crippen molar-refractivity contribution in [3.63, 3.8) is 0 Å². The van der Waals surface area contributed by atoms with Crippen LogP contribution in [0.1, 0.15) is 5.56 Å². The zero-order valence-electron chi connectivity index (χ0n) is 10.9. The first-order valence-corrected chi connectivity index (χ1v) is 8.28. The molecule has 0 bridgehead atoms. The lowest BCUT2D eigenvalue weighted by atomic mass is 10.2. The lowest BCUT2D eigenvalue weighted by Crippen LogP contribution is -2.12. The fourth-order valence-electron chi connectivity index (χ4n) is 2.02. The van der Waals surface area contributed by atoms with Gasteiger partial charge in [-0.05, 0) is 41.1 Å². The van der Waals surface area contributed by atoms with Crippen molar-refractivity contribution in [2.45, 2.75) is 11.8 Å². The normalized spacial score (nSPS) is 12.0. The summed E-state index contributed by atoms with van der Waals surface area (Å²) in [6.45, 7) is 1.87. The van der Waals surface area contributed by atoms with Gasteiger partial charge in [0.2, 0.25) is 0 Å². The van der Waals surface area contributed by atoms with Crippen molar-refractivity contribution >= 4 is 37.0 Å². The van der Waals surface area contributed by atoms with Crippen LogP contribution in [0.15, 0.2) is 52.1 Å². The number of nitrogens with zero attached hydrogens (tertiary/aromatic N) is 2. The number of hydrogen-bond acceptors (Lipinski definition) is 3. The van der Waals surface area contributed by atoms with E-state index in [-0.39, 0.29) is 20.4 Å². The number of aromatic nitrogens is 2. The molecule has 0 fully saturated rings. The number of fused-ring (bicyclic) bond motifs is 1. The molecule has 0 aliphatic carbocycles. The number of benzene rings is 1. The summed E-state index contributed by atoms with van der Waals surface area (Å²) in [5.74, 6) is -0.530. The van der Waals surface area contributed by atoms with Crippen molar-refractivity contribution in [3.8, 4) is 0 Å². The summed E-state index contributed by atoms with van der Waals surface area (Å²) >= 11 is 3.03. The number of aryl methyl sites for hydroxylation is 1. The highest BCUT2D eigenvalue weighted by Gasteiger charge is 2.21. The molecule has 2 aromatic heterocycles. The highest BCUT2D eigenvalue weighted by molar-refractivity contribution is 9.10. The zero-order chi connectivity index (χ0) is 15.2. The van der Waals surface area contributed by atoms with Gasteiger partial charge in [0.05, 0.1) is 14.8 Å². The third-order valence-electron chi connectivity index (χ3n) is 3.15. The Morgan fingerprint density at radius 1 is 1.19 bits per heavy atom. The van der Waals surface area contributed by atoms with Crippen LogP contribution in [0, 0.1) is 12.7 Å². The van der Waals surface area contributed by atoms with E-state index in [0.29, 0.717) is 0 Å². The van der Waals surface area contributed by atoms with Crippen LogP contribution in [0.3, 0.4) is 0 Å². The van der Waals surface area contributed by atoms with Gasteiger partial charge >= 0.3 is 0 Å². The summed E-state index contributed by atoms with van der Waals surface area (Å²) in [6.07, 6.45) is 2.56. The van der Waals surface area contributed by atoms with Crippen LogP contribution in [0.25, 0.3) is 11.0 Å². The molecule has 0 radical (unpaired) electrons. The maximum absolute atomic E-state index is 14.0. The smallest absolute Gasteiger partial charge is 0.236 e. The second-order valence-corrected chi connectivity index (χ2v) is 7.26. The Balaban J connectivity index is 2.25. The summed E-state index contributed by atoms with van der Waals surface area (Å²) in [6, 6.07) is 7.86. The molecule has 0 saturated carbocycles. The Bertz CT molecular complexity index is 934. The van der Waals surface area contributed by atoms with Crippen molar-refractivity contribution in [2.24, 2.45) is 0 Å². The molecule has 0 N–H and O–H groups in total. The second kappa shape index (κ2) is 4.92. The minimum Gasteiger partial charge on any atom is -0.236 e. The van der Waals surface area contributed by atoms with Crippen molar-refractivity contribution in [1.29, 1.82) is 0 Å². The van der Waals surface area contributed by atoms with Gasteiger partial charge in [-0.15, -0.1) is 0 Å². The molecule has 4 nitrogen and oxygen atoms in total. The van der Waals surface area contributed by atoms with Gasteiger partial charge < -0.3 is 0 Å². The molecule has 0 aliphatic rings. The summed E-state index contributed by atoms with van der Waals surface area (Å²) in [7, 11) is -3.80. The summed E-state index contributed by atoms with van der Waals surface area (Å²) in [5.41, 5.74) is 1.02. The van der Waals surface area contributed by atoms with E-state index < -0.39 is 15.8 Å². The van der Waals surface area contributed by atoms with Gasteiger partial charge in [-0.25, -0.2) is 21.8 Å². The molecule has 108 valence electrons. The average molecular weight is 369 g/mol. The Kier molecular flexibility index (Phi) is 3.33. The fourth-order valence-corrected chi connectivity index (χ4v) is 3.64. The molecule has 0 amide bonds. The van der Waals surface area contributed by atoms with E-state index in [4.69, 9.17) is 0 Å². The second-order valence-electron chi connectivity index (χ2n) is 4.59. The molecule has 0 spiro atoms. The minimum atomic E-state index is -3.80. The molecule has 3 rings (SSSR count).